The fraction of sp³-hybridized carbons (Fsp3) is 0.217. The molecule has 2 aliphatic rings. The van der Waals surface area contributed by atoms with Crippen LogP contribution in [0.2, 0.25) is 0 Å². The van der Waals surface area contributed by atoms with Crippen molar-refractivity contribution >= 4 is 11.7 Å². The molecule has 4 rings (SSSR count). The van der Waals surface area contributed by atoms with E-state index in [1.165, 1.54) is 17.0 Å². The van der Waals surface area contributed by atoms with E-state index >= 15 is 0 Å². The number of amides is 2. The van der Waals surface area contributed by atoms with Crippen LogP contribution in [0.25, 0.3) is 0 Å². The van der Waals surface area contributed by atoms with Gasteiger partial charge >= 0.3 is 12.2 Å². The molecule has 0 saturated heterocycles. The van der Waals surface area contributed by atoms with Crippen molar-refractivity contribution in [1.82, 2.24) is 10.2 Å². The van der Waals surface area contributed by atoms with Gasteiger partial charge in [-0.25, -0.2) is 4.79 Å². The van der Waals surface area contributed by atoms with E-state index in [0.29, 0.717) is 29.9 Å². The molecule has 0 aromatic heterocycles. The average Bonchev–Trinajstić information content (AvgIpc) is 2.75. The Kier molecular flexibility index (Phi) is 4.97. The molecular formula is C23H19F3N4O. The first kappa shape index (κ1) is 20.5. The van der Waals surface area contributed by atoms with Gasteiger partial charge in [-0.1, -0.05) is 24.8 Å². The molecule has 2 aromatic rings. The predicted molar refractivity (Wildman–Crippen MR) is 110 cm³/mol. The molecule has 0 saturated carbocycles. The topological polar surface area (TPSA) is 59.4 Å². The van der Waals surface area contributed by atoms with Gasteiger partial charge in [0.05, 0.1) is 28.9 Å². The van der Waals surface area contributed by atoms with Crippen LogP contribution in [0.15, 0.2) is 72.1 Å². The number of hydrogen-bond donors (Lipinski definition) is 1. The zero-order valence-corrected chi connectivity index (χ0v) is 16.7. The Hall–Kier alpha value is -3.73. The molecule has 2 amide bonds. The van der Waals surface area contributed by atoms with Gasteiger partial charge in [-0.2, -0.15) is 18.4 Å². The normalized spacial score (nSPS) is 19.1. The van der Waals surface area contributed by atoms with Gasteiger partial charge in [-0.05, 0) is 35.9 Å². The van der Waals surface area contributed by atoms with Crippen LogP contribution in [0.5, 0.6) is 0 Å². The van der Waals surface area contributed by atoms with E-state index in [1.807, 2.05) is 11.9 Å². The first-order valence-corrected chi connectivity index (χ1v) is 9.62. The van der Waals surface area contributed by atoms with E-state index in [1.54, 1.807) is 24.3 Å². The summed E-state index contributed by atoms with van der Waals surface area (Å²) < 4.78 is 39.7. The Bertz CT molecular complexity index is 1130. The maximum Gasteiger partial charge on any atom is 0.416 e. The molecule has 8 heteroatoms. The van der Waals surface area contributed by atoms with Gasteiger partial charge in [0.1, 0.15) is 0 Å². The first-order chi connectivity index (χ1) is 14.7. The molecule has 0 fully saturated rings. The highest BCUT2D eigenvalue weighted by atomic mass is 19.4. The lowest BCUT2D eigenvalue weighted by atomic mass is 9.88. The standard InChI is InChI=1S/C23H19F3N4O/c1-14-20-19(10-11-29(14)2)30(18-5-3-4-17(12-18)23(24,25)26)22(31)28-21(20)16-8-6-15(13-27)7-9-16/h3-9,12,21H,1,10-11H2,2H3,(H,28,31)/t21-/m1/s1. The van der Waals surface area contributed by atoms with Crippen LogP contribution >= 0.6 is 0 Å². The number of alkyl halides is 3. The van der Waals surface area contributed by atoms with Crippen LogP contribution in [0.4, 0.5) is 23.7 Å². The van der Waals surface area contributed by atoms with E-state index in [0.717, 1.165) is 23.3 Å². The summed E-state index contributed by atoms with van der Waals surface area (Å²) in [5.41, 5.74) is 2.64. The van der Waals surface area contributed by atoms with Crippen LogP contribution in [0, 0.1) is 11.3 Å². The molecule has 0 bridgehead atoms. The lowest BCUT2D eigenvalue weighted by Gasteiger charge is -2.43. The molecule has 0 spiro atoms. The van der Waals surface area contributed by atoms with E-state index < -0.39 is 23.8 Å². The zero-order valence-electron chi connectivity index (χ0n) is 16.7. The summed E-state index contributed by atoms with van der Waals surface area (Å²) >= 11 is 0. The fourth-order valence-corrected chi connectivity index (χ4v) is 3.96. The Morgan fingerprint density at radius 3 is 2.55 bits per heavy atom. The molecule has 158 valence electrons. The number of nitrogens with one attached hydrogen (secondary N) is 1. The molecular weight excluding hydrogens is 405 g/mol. The number of benzene rings is 2. The zero-order chi connectivity index (χ0) is 22.3. The number of carbonyl (C=O) groups is 1. The molecule has 0 radical (unpaired) electrons. The number of rotatable bonds is 2. The molecule has 2 aliphatic heterocycles. The third kappa shape index (κ3) is 3.63. The van der Waals surface area contributed by atoms with Crippen molar-refractivity contribution in [3.05, 3.63) is 88.8 Å². The lowest BCUT2D eigenvalue weighted by molar-refractivity contribution is -0.137. The first-order valence-electron chi connectivity index (χ1n) is 9.62. The number of nitrogens with zero attached hydrogens (tertiary/aromatic N) is 3. The molecule has 1 N–H and O–H groups in total. The number of hydrogen-bond acceptors (Lipinski definition) is 3. The molecule has 0 unspecified atom stereocenters. The van der Waals surface area contributed by atoms with Gasteiger partial charge in [0.2, 0.25) is 0 Å². The summed E-state index contributed by atoms with van der Waals surface area (Å²) in [6, 6.07) is 12.6. The summed E-state index contributed by atoms with van der Waals surface area (Å²) in [7, 11) is 1.88. The predicted octanol–water partition coefficient (Wildman–Crippen LogP) is 4.95. The van der Waals surface area contributed by atoms with Crippen molar-refractivity contribution in [1.29, 1.82) is 5.26 Å². The fourth-order valence-electron chi connectivity index (χ4n) is 3.96. The van der Waals surface area contributed by atoms with Gasteiger partial charge in [0.15, 0.2) is 0 Å². The van der Waals surface area contributed by atoms with Crippen LogP contribution in [0.3, 0.4) is 0 Å². The smallest absolute Gasteiger partial charge is 0.374 e. The molecule has 0 aliphatic carbocycles. The maximum atomic E-state index is 13.2. The highest BCUT2D eigenvalue weighted by Gasteiger charge is 2.39. The van der Waals surface area contributed by atoms with Crippen molar-refractivity contribution in [3.8, 4) is 6.07 Å². The Balaban J connectivity index is 1.85. The maximum absolute atomic E-state index is 13.2. The van der Waals surface area contributed by atoms with Gasteiger partial charge in [0, 0.05) is 37.0 Å². The summed E-state index contributed by atoms with van der Waals surface area (Å²) in [5, 5.41) is 12.0. The van der Waals surface area contributed by atoms with Crippen molar-refractivity contribution in [2.45, 2.75) is 18.6 Å². The number of carbonyl (C=O) groups excluding carboxylic acids is 1. The van der Waals surface area contributed by atoms with Gasteiger partial charge in [-0.15, -0.1) is 0 Å². The van der Waals surface area contributed by atoms with E-state index in [-0.39, 0.29) is 5.69 Å². The quantitative estimate of drug-likeness (QED) is 0.742. The highest BCUT2D eigenvalue weighted by Crippen LogP contribution is 2.42. The highest BCUT2D eigenvalue weighted by molar-refractivity contribution is 5.98. The van der Waals surface area contributed by atoms with Crippen molar-refractivity contribution in [2.24, 2.45) is 0 Å². The van der Waals surface area contributed by atoms with E-state index in [9.17, 15) is 18.0 Å². The summed E-state index contributed by atoms with van der Waals surface area (Å²) in [5.74, 6) is 0. The SMILES string of the molecule is C=C1C2=C(CCN1C)N(c1cccc(C(F)(F)F)c1)C(=O)N[C@@H]2c1ccc(C#N)cc1. The van der Waals surface area contributed by atoms with Crippen LogP contribution < -0.4 is 10.2 Å². The minimum atomic E-state index is -4.51. The molecule has 31 heavy (non-hydrogen) atoms. The second kappa shape index (κ2) is 7.51. The van der Waals surface area contributed by atoms with E-state index in [4.69, 9.17) is 5.26 Å². The Morgan fingerprint density at radius 2 is 1.90 bits per heavy atom. The molecule has 2 aromatic carbocycles. The minimum absolute atomic E-state index is 0.149. The van der Waals surface area contributed by atoms with Crippen LogP contribution in [-0.2, 0) is 6.18 Å². The number of nitriles is 1. The summed E-state index contributed by atoms with van der Waals surface area (Å²) in [6.07, 6.45) is -4.04. The van der Waals surface area contributed by atoms with E-state index in [2.05, 4.69) is 18.0 Å². The number of likely N-dealkylation sites (N-methyl/N-ethyl adjacent to an activating group) is 1. The summed E-state index contributed by atoms with van der Waals surface area (Å²) in [4.78, 5) is 16.4. The average molecular weight is 424 g/mol. The second-order valence-electron chi connectivity index (χ2n) is 7.48. The lowest BCUT2D eigenvalue weighted by Crippen LogP contribution is -2.50. The minimum Gasteiger partial charge on any atom is -0.374 e. The van der Waals surface area contributed by atoms with Gasteiger partial charge in [0.25, 0.3) is 0 Å². The second-order valence-corrected chi connectivity index (χ2v) is 7.48. The molecule has 5 nitrogen and oxygen atoms in total. The Morgan fingerprint density at radius 1 is 1.19 bits per heavy atom. The van der Waals surface area contributed by atoms with Gasteiger partial charge < -0.3 is 10.2 Å². The largest absolute Gasteiger partial charge is 0.416 e. The van der Waals surface area contributed by atoms with Gasteiger partial charge in [-0.3, -0.25) is 4.90 Å². The Labute approximate surface area is 177 Å². The third-order valence-corrected chi connectivity index (χ3v) is 5.60. The monoisotopic (exact) mass is 424 g/mol. The van der Waals surface area contributed by atoms with Crippen LogP contribution in [-0.4, -0.2) is 24.5 Å². The number of urea groups is 1. The van der Waals surface area contributed by atoms with Crippen molar-refractivity contribution in [2.75, 3.05) is 18.5 Å². The number of anilines is 1. The third-order valence-electron chi connectivity index (χ3n) is 5.60. The summed E-state index contributed by atoms with van der Waals surface area (Å²) in [6.45, 7) is 4.74. The number of halogens is 3. The molecule has 1 atom stereocenters. The van der Waals surface area contributed by atoms with Crippen molar-refractivity contribution < 1.29 is 18.0 Å². The molecule has 2 heterocycles. The van der Waals surface area contributed by atoms with Crippen LogP contribution in [0.1, 0.15) is 29.2 Å². The van der Waals surface area contributed by atoms with Crippen molar-refractivity contribution in [3.63, 3.8) is 0 Å².